The molecule has 1 aliphatic carbocycles. The Balaban J connectivity index is 2.47. The largest absolute Gasteiger partial charge is 0.346 e. The van der Waals surface area contributed by atoms with Crippen molar-refractivity contribution in [3.8, 4) is 6.07 Å². The van der Waals surface area contributed by atoms with Crippen molar-refractivity contribution >= 4 is 5.91 Å². The lowest BCUT2D eigenvalue weighted by molar-refractivity contribution is -0.135. The molecule has 0 atom stereocenters. The van der Waals surface area contributed by atoms with Crippen LogP contribution in [-0.4, -0.2) is 37.0 Å². The average molecular weight is 265 g/mol. The van der Waals surface area contributed by atoms with Gasteiger partial charge in [-0.1, -0.05) is 13.8 Å². The van der Waals surface area contributed by atoms with Crippen molar-refractivity contribution < 1.29 is 4.79 Å². The Morgan fingerprint density at radius 3 is 2.47 bits per heavy atom. The summed E-state index contributed by atoms with van der Waals surface area (Å²) in [5.74, 6) is 0.979. The van der Waals surface area contributed by atoms with E-state index in [2.05, 4.69) is 25.2 Å². The zero-order chi connectivity index (χ0) is 14.5. The lowest BCUT2D eigenvalue weighted by Gasteiger charge is -2.35. The number of rotatable bonds is 5. The second-order valence-corrected chi connectivity index (χ2v) is 6.16. The molecule has 0 saturated heterocycles. The highest BCUT2D eigenvalue weighted by molar-refractivity contribution is 5.78. The van der Waals surface area contributed by atoms with Gasteiger partial charge in [0.25, 0.3) is 0 Å². The molecule has 0 unspecified atom stereocenters. The third-order valence-electron chi connectivity index (χ3n) is 4.30. The van der Waals surface area contributed by atoms with Gasteiger partial charge < -0.3 is 10.2 Å². The van der Waals surface area contributed by atoms with E-state index in [9.17, 15) is 10.1 Å². The fourth-order valence-electron chi connectivity index (χ4n) is 2.65. The quantitative estimate of drug-likeness (QED) is 0.829. The molecular formula is C15H27N3O. The Hall–Kier alpha value is -1.08. The van der Waals surface area contributed by atoms with Gasteiger partial charge in [-0.3, -0.25) is 4.79 Å². The monoisotopic (exact) mass is 265 g/mol. The molecular weight excluding hydrogens is 238 g/mol. The number of carbonyl (C=O) groups excluding carboxylic acids is 1. The summed E-state index contributed by atoms with van der Waals surface area (Å²) < 4.78 is 0. The number of amides is 1. The molecule has 1 rings (SSSR count). The van der Waals surface area contributed by atoms with E-state index in [1.165, 1.54) is 0 Å². The molecule has 1 saturated carbocycles. The molecule has 0 radical (unpaired) electrons. The van der Waals surface area contributed by atoms with Crippen LogP contribution in [0.25, 0.3) is 0 Å². The van der Waals surface area contributed by atoms with E-state index in [0.29, 0.717) is 5.92 Å². The summed E-state index contributed by atoms with van der Waals surface area (Å²) in [4.78, 5) is 14.2. The topological polar surface area (TPSA) is 56.1 Å². The predicted molar refractivity (Wildman–Crippen MR) is 76.5 cm³/mol. The smallest absolute Gasteiger partial charge is 0.225 e. The van der Waals surface area contributed by atoms with Crippen LogP contribution in [0.15, 0.2) is 0 Å². The van der Waals surface area contributed by atoms with Crippen LogP contribution in [-0.2, 0) is 4.79 Å². The number of hydrogen-bond donors (Lipinski definition) is 1. The molecule has 0 spiro atoms. The third-order valence-corrected chi connectivity index (χ3v) is 4.30. The number of nitriles is 1. The first-order chi connectivity index (χ1) is 8.94. The van der Waals surface area contributed by atoms with Crippen LogP contribution in [0, 0.1) is 23.2 Å². The van der Waals surface area contributed by atoms with Crippen molar-refractivity contribution in [2.24, 2.45) is 11.8 Å². The normalized spacial score (nSPS) is 27.1. The van der Waals surface area contributed by atoms with E-state index < -0.39 is 5.54 Å². The zero-order valence-electron chi connectivity index (χ0n) is 12.7. The van der Waals surface area contributed by atoms with Crippen LogP contribution in [0.4, 0.5) is 0 Å². The summed E-state index contributed by atoms with van der Waals surface area (Å²) >= 11 is 0. The maximum absolute atomic E-state index is 12.3. The molecule has 4 nitrogen and oxygen atoms in total. The highest BCUT2D eigenvalue weighted by atomic mass is 16.2. The minimum atomic E-state index is -0.409. The summed E-state index contributed by atoms with van der Waals surface area (Å²) in [5.41, 5.74) is -0.409. The summed E-state index contributed by atoms with van der Waals surface area (Å²) in [5, 5.41) is 12.3. The lowest BCUT2D eigenvalue weighted by atomic mass is 9.77. The number of nitrogens with one attached hydrogen (secondary N) is 1. The Kier molecular flexibility index (Phi) is 5.81. The maximum atomic E-state index is 12.3. The van der Waals surface area contributed by atoms with Gasteiger partial charge in [0.05, 0.1) is 6.07 Å². The first kappa shape index (κ1) is 16.0. The van der Waals surface area contributed by atoms with Gasteiger partial charge in [-0.05, 0) is 45.1 Å². The Bertz CT molecular complexity index is 338. The Labute approximate surface area is 117 Å². The van der Waals surface area contributed by atoms with E-state index in [1.54, 1.807) is 0 Å². The fourth-order valence-corrected chi connectivity index (χ4v) is 2.65. The Morgan fingerprint density at radius 1 is 1.47 bits per heavy atom. The van der Waals surface area contributed by atoms with Crippen LogP contribution >= 0.6 is 0 Å². The van der Waals surface area contributed by atoms with Crippen molar-refractivity contribution in [2.75, 3.05) is 20.6 Å². The average Bonchev–Trinajstić information content (AvgIpc) is 2.44. The molecule has 0 bridgehead atoms. The van der Waals surface area contributed by atoms with Crippen molar-refractivity contribution in [3.05, 3.63) is 0 Å². The van der Waals surface area contributed by atoms with Crippen molar-refractivity contribution in [2.45, 2.75) is 51.5 Å². The molecule has 0 aliphatic heterocycles. The SMILES string of the molecule is CNC1(C#N)CCC(C(=O)N(C)CCC(C)C)CC1. The van der Waals surface area contributed by atoms with E-state index >= 15 is 0 Å². The van der Waals surface area contributed by atoms with Gasteiger partial charge in [0, 0.05) is 19.5 Å². The summed E-state index contributed by atoms with van der Waals surface area (Å²) in [6.07, 6.45) is 4.23. The van der Waals surface area contributed by atoms with E-state index in [4.69, 9.17) is 0 Å². The first-order valence-electron chi connectivity index (χ1n) is 7.29. The molecule has 1 fully saturated rings. The van der Waals surface area contributed by atoms with Gasteiger partial charge in [-0.25, -0.2) is 0 Å². The summed E-state index contributed by atoms with van der Waals surface area (Å²) in [6.45, 7) is 5.18. The Morgan fingerprint density at radius 2 is 2.05 bits per heavy atom. The van der Waals surface area contributed by atoms with Crippen LogP contribution in [0.2, 0.25) is 0 Å². The molecule has 1 aliphatic rings. The molecule has 0 aromatic rings. The molecule has 19 heavy (non-hydrogen) atoms. The molecule has 0 aromatic heterocycles. The van der Waals surface area contributed by atoms with Crippen molar-refractivity contribution in [1.29, 1.82) is 5.26 Å². The summed E-state index contributed by atoms with van der Waals surface area (Å²) in [6, 6.07) is 2.36. The molecule has 4 heteroatoms. The zero-order valence-corrected chi connectivity index (χ0v) is 12.7. The lowest BCUT2D eigenvalue weighted by Crippen LogP contribution is -2.47. The van der Waals surface area contributed by atoms with Gasteiger partial charge in [0.1, 0.15) is 5.54 Å². The third kappa shape index (κ3) is 4.21. The first-order valence-corrected chi connectivity index (χ1v) is 7.29. The molecule has 1 amide bonds. The van der Waals surface area contributed by atoms with Crippen molar-refractivity contribution in [3.63, 3.8) is 0 Å². The number of carbonyl (C=O) groups is 1. The van der Waals surface area contributed by atoms with Crippen LogP contribution < -0.4 is 5.32 Å². The van der Waals surface area contributed by atoms with Gasteiger partial charge >= 0.3 is 0 Å². The van der Waals surface area contributed by atoms with E-state index in [1.807, 2.05) is 19.0 Å². The molecule has 0 aromatic carbocycles. The van der Waals surface area contributed by atoms with Gasteiger partial charge in [0.2, 0.25) is 5.91 Å². The van der Waals surface area contributed by atoms with E-state index in [-0.39, 0.29) is 11.8 Å². The van der Waals surface area contributed by atoms with Crippen LogP contribution in [0.1, 0.15) is 46.0 Å². The predicted octanol–water partition coefficient (Wildman–Crippen LogP) is 2.16. The highest BCUT2D eigenvalue weighted by Gasteiger charge is 2.37. The number of hydrogen-bond acceptors (Lipinski definition) is 3. The van der Waals surface area contributed by atoms with Gasteiger partial charge in [-0.2, -0.15) is 5.26 Å². The molecule has 0 heterocycles. The maximum Gasteiger partial charge on any atom is 0.225 e. The second kappa shape index (κ2) is 6.91. The van der Waals surface area contributed by atoms with E-state index in [0.717, 1.165) is 38.6 Å². The highest BCUT2D eigenvalue weighted by Crippen LogP contribution is 2.32. The number of nitrogens with zero attached hydrogens (tertiary/aromatic N) is 2. The van der Waals surface area contributed by atoms with Crippen molar-refractivity contribution in [1.82, 2.24) is 10.2 Å². The van der Waals surface area contributed by atoms with Crippen LogP contribution in [0.5, 0.6) is 0 Å². The van der Waals surface area contributed by atoms with Gasteiger partial charge in [0.15, 0.2) is 0 Å². The minimum Gasteiger partial charge on any atom is -0.346 e. The minimum absolute atomic E-state index is 0.104. The van der Waals surface area contributed by atoms with Crippen LogP contribution in [0.3, 0.4) is 0 Å². The summed E-state index contributed by atoms with van der Waals surface area (Å²) in [7, 11) is 3.73. The standard InChI is InChI=1S/C15H27N3O/c1-12(2)7-10-18(4)14(19)13-5-8-15(11-16,17-3)9-6-13/h12-13,17H,5-10H2,1-4H3. The molecule has 108 valence electrons. The van der Waals surface area contributed by atoms with Gasteiger partial charge in [-0.15, -0.1) is 0 Å². The fraction of sp³-hybridized carbons (Fsp3) is 0.867. The molecule has 1 N–H and O–H groups in total. The second-order valence-electron chi connectivity index (χ2n) is 6.16.